The summed E-state index contributed by atoms with van der Waals surface area (Å²) in [5.74, 6) is -4.34. The van der Waals surface area contributed by atoms with Gasteiger partial charge < -0.3 is 10.2 Å². The number of hydrogen-bond acceptors (Lipinski definition) is 2. The third kappa shape index (κ3) is 9.52. The Morgan fingerprint density at radius 3 is 1.07 bits per heavy atom. The Bertz CT molecular complexity index is 141. The van der Waals surface area contributed by atoms with Gasteiger partial charge in [0.15, 0.2) is 6.67 Å². The molecule has 0 aliphatic rings. The predicted molar refractivity (Wildman–Crippen MR) is 30.9 cm³/mol. The van der Waals surface area contributed by atoms with E-state index in [0.29, 0.717) is 0 Å². The molecule has 0 aliphatic heterocycles. The van der Waals surface area contributed by atoms with Crippen LogP contribution in [0.5, 0.6) is 0 Å². The Balaban J connectivity index is 0. The maximum absolute atomic E-state index is 11.2. The lowest BCUT2D eigenvalue weighted by Gasteiger charge is -2.15. The Morgan fingerprint density at radius 1 is 0.929 bits per heavy atom. The standard InChI is InChI=1S/C3H4F4O.C2H3F3O/c1-2(4,5)3(6,7)8;3-1-2(4,5)6/h8H,1H3;6H,1H2. The van der Waals surface area contributed by atoms with Crippen LogP contribution in [0.3, 0.4) is 0 Å². The van der Waals surface area contributed by atoms with Crippen LogP contribution in [0.1, 0.15) is 6.92 Å². The van der Waals surface area contributed by atoms with E-state index in [9.17, 15) is 30.7 Å². The second kappa shape index (κ2) is 4.78. The molecule has 0 saturated heterocycles. The largest absolute Gasteiger partial charge is 0.416 e. The normalized spacial score (nSPS) is 13.3. The van der Waals surface area contributed by atoms with Crippen molar-refractivity contribution in [2.24, 2.45) is 0 Å². The van der Waals surface area contributed by atoms with E-state index in [4.69, 9.17) is 10.2 Å². The van der Waals surface area contributed by atoms with Gasteiger partial charge in [0.05, 0.1) is 0 Å². The third-order valence-electron chi connectivity index (χ3n) is 0.689. The van der Waals surface area contributed by atoms with Crippen LogP contribution in [0.25, 0.3) is 0 Å². The van der Waals surface area contributed by atoms with Crippen molar-refractivity contribution >= 4 is 0 Å². The molecule has 0 aromatic rings. The molecule has 9 heteroatoms. The van der Waals surface area contributed by atoms with Crippen molar-refractivity contribution < 1.29 is 40.9 Å². The van der Waals surface area contributed by atoms with Gasteiger partial charge in [0.1, 0.15) is 0 Å². The highest BCUT2D eigenvalue weighted by Crippen LogP contribution is 2.30. The van der Waals surface area contributed by atoms with Crippen molar-refractivity contribution in [2.45, 2.75) is 25.1 Å². The van der Waals surface area contributed by atoms with Gasteiger partial charge in [-0.1, -0.05) is 0 Å². The molecule has 0 amide bonds. The van der Waals surface area contributed by atoms with Crippen molar-refractivity contribution in [3.8, 4) is 0 Å². The second-order valence-electron chi connectivity index (χ2n) is 2.23. The van der Waals surface area contributed by atoms with Gasteiger partial charge in [-0.15, -0.1) is 0 Å². The average molecular weight is 232 g/mol. The Labute approximate surface area is 74.0 Å². The molecule has 0 spiro atoms. The highest BCUT2D eigenvalue weighted by molar-refractivity contribution is 4.66. The van der Waals surface area contributed by atoms with Gasteiger partial charge in [-0.3, -0.25) is 0 Å². The highest BCUT2D eigenvalue weighted by Gasteiger charge is 2.50. The molecule has 0 bridgehead atoms. The average Bonchev–Trinajstić information content (AvgIpc) is 1.82. The van der Waals surface area contributed by atoms with Crippen molar-refractivity contribution in [1.82, 2.24) is 0 Å². The van der Waals surface area contributed by atoms with Gasteiger partial charge >= 0.3 is 18.1 Å². The first-order valence-corrected chi connectivity index (χ1v) is 2.95. The van der Waals surface area contributed by atoms with Crippen molar-refractivity contribution in [1.29, 1.82) is 0 Å². The van der Waals surface area contributed by atoms with Crippen LogP contribution >= 0.6 is 0 Å². The van der Waals surface area contributed by atoms with Crippen LogP contribution in [0.2, 0.25) is 0 Å². The summed E-state index contributed by atoms with van der Waals surface area (Å²) in [5.41, 5.74) is 0. The molecule has 0 radical (unpaired) electrons. The van der Waals surface area contributed by atoms with E-state index in [1.165, 1.54) is 0 Å². The number of halogens is 7. The monoisotopic (exact) mass is 232 g/mol. The fraction of sp³-hybridized carbons (Fsp3) is 1.00. The van der Waals surface area contributed by atoms with E-state index in [1.54, 1.807) is 0 Å². The molecule has 0 atom stereocenters. The molecule has 0 aromatic heterocycles. The molecule has 0 aliphatic carbocycles. The molecule has 0 unspecified atom stereocenters. The van der Waals surface area contributed by atoms with Crippen LogP contribution in [0.4, 0.5) is 30.7 Å². The van der Waals surface area contributed by atoms with Crippen LogP contribution in [-0.4, -0.2) is 35.0 Å². The molecule has 0 fully saturated rings. The molecule has 2 nitrogen and oxygen atoms in total. The molecular formula is C5H7F7O2. The molecule has 0 saturated carbocycles. The summed E-state index contributed by atoms with van der Waals surface area (Å²) in [5, 5.41) is 14.4. The minimum absolute atomic E-state index is 0.0625. The van der Waals surface area contributed by atoms with E-state index in [-0.39, 0.29) is 6.92 Å². The number of aliphatic hydroxyl groups is 2. The minimum atomic E-state index is -4.90. The van der Waals surface area contributed by atoms with Gasteiger partial charge in [-0.25, -0.2) is 4.39 Å². The van der Waals surface area contributed by atoms with E-state index in [0.717, 1.165) is 0 Å². The van der Waals surface area contributed by atoms with Gasteiger partial charge in [0, 0.05) is 6.92 Å². The zero-order valence-corrected chi connectivity index (χ0v) is 6.75. The lowest BCUT2D eigenvalue weighted by atomic mass is 10.4. The molecular weight excluding hydrogens is 225 g/mol. The smallest absolute Gasteiger partial charge is 0.334 e. The molecule has 0 rings (SSSR count). The summed E-state index contributed by atoms with van der Waals surface area (Å²) in [7, 11) is 0. The van der Waals surface area contributed by atoms with Gasteiger partial charge in [0.2, 0.25) is 0 Å². The Hall–Kier alpha value is -0.570. The maximum atomic E-state index is 11.2. The topological polar surface area (TPSA) is 40.5 Å². The third-order valence-corrected chi connectivity index (χ3v) is 0.689. The van der Waals surface area contributed by atoms with Crippen molar-refractivity contribution in [3.05, 3.63) is 0 Å². The quantitative estimate of drug-likeness (QED) is 0.712. The Morgan fingerprint density at radius 2 is 1.07 bits per heavy atom. The summed E-state index contributed by atoms with van der Waals surface area (Å²) in [6, 6.07) is 0. The zero-order chi connectivity index (χ0) is 12.2. The van der Waals surface area contributed by atoms with Gasteiger partial charge in [-0.2, -0.15) is 26.3 Å². The fourth-order valence-corrected chi connectivity index (χ4v) is 0. The second-order valence-corrected chi connectivity index (χ2v) is 2.23. The number of hydrogen-bond donors (Lipinski definition) is 2. The van der Waals surface area contributed by atoms with Crippen LogP contribution in [-0.2, 0) is 0 Å². The number of alkyl halides is 7. The van der Waals surface area contributed by atoms with E-state index in [2.05, 4.69) is 0 Å². The van der Waals surface area contributed by atoms with Crippen molar-refractivity contribution in [3.63, 3.8) is 0 Å². The zero-order valence-electron chi connectivity index (χ0n) is 6.75. The summed E-state index contributed by atoms with van der Waals surface area (Å²) in [6.07, 6.45) is -9.02. The maximum Gasteiger partial charge on any atom is 0.416 e. The van der Waals surface area contributed by atoms with Gasteiger partial charge in [0.25, 0.3) is 0 Å². The summed E-state index contributed by atoms with van der Waals surface area (Å²) in [6.45, 7) is -2.07. The molecule has 0 aromatic carbocycles. The molecule has 88 valence electrons. The lowest BCUT2D eigenvalue weighted by Crippen LogP contribution is -2.36. The van der Waals surface area contributed by atoms with Crippen LogP contribution in [0, 0.1) is 0 Å². The van der Waals surface area contributed by atoms with Crippen LogP contribution in [0.15, 0.2) is 0 Å². The number of rotatable bonds is 2. The molecule has 0 heterocycles. The predicted octanol–water partition coefficient (Wildman–Crippen LogP) is 1.77. The molecule has 14 heavy (non-hydrogen) atoms. The SMILES string of the molecule is CC(F)(F)C(O)(F)F.OC(F)(F)CF. The first-order chi connectivity index (χ1) is 5.81. The first-order valence-electron chi connectivity index (χ1n) is 2.95. The lowest BCUT2D eigenvalue weighted by molar-refractivity contribution is -0.318. The van der Waals surface area contributed by atoms with Crippen LogP contribution < -0.4 is 0 Å². The first kappa shape index (κ1) is 15.9. The fourth-order valence-electron chi connectivity index (χ4n) is 0. The summed E-state index contributed by atoms with van der Waals surface area (Å²) in [4.78, 5) is 0. The van der Waals surface area contributed by atoms with E-state index >= 15 is 0 Å². The summed E-state index contributed by atoms with van der Waals surface area (Å²) >= 11 is 0. The minimum Gasteiger partial charge on any atom is -0.334 e. The highest BCUT2D eigenvalue weighted by atomic mass is 19.3. The van der Waals surface area contributed by atoms with Crippen molar-refractivity contribution in [2.75, 3.05) is 6.67 Å². The van der Waals surface area contributed by atoms with Gasteiger partial charge in [-0.05, 0) is 0 Å². The van der Waals surface area contributed by atoms with E-state index < -0.39 is 24.8 Å². The summed E-state index contributed by atoms with van der Waals surface area (Å²) < 4.78 is 76.3. The van der Waals surface area contributed by atoms with E-state index in [1.807, 2.05) is 0 Å². The molecule has 2 N–H and O–H groups in total. The Kier molecular flexibility index (Phi) is 5.42.